The molecule has 1 aliphatic rings. The Morgan fingerprint density at radius 1 is 0.968 bits per heavy atom. The van der Waals surface area contributed by atoms with Gasteiger partial charge in [0.05, 0.1) is 10.7 Å². The molecule has 1 amide bonds. The first-order chi connectivity index (χ1) is 15.0. The molecule has 8 heteroatoms. The summed E-state index contributed by atoms with van der Waals surface area (Å²) < 4.78 is 5.61. The third-order valence-corrected chi connectivity index (χ3v) is 5.75. The second-order valence-electron chi connectivity index (χ2n) is 7.37. The Morgan fingerprint density at radius 2 is 1.71 bits per heavy atom. The molecule has 6 nitrogen and oxygen atoms in total. The number of ether oxygens (including phenoxy) is 1. The van der Waals surface area contributed by atoms with E-state index in [1.54, 1.807) is 12.1 Å². The van der Waals surface area contributed by atoms with Gasteiger partial charge in [0.15, 0.2) is 12.4 Å². The van der Waals surface area contributed by atoms with Crippen LogP contribution in [0.15, 0.2) is 54.6 Å². The second kappa shape index (κ2) is 9.54. The topological polar surface area (TPSA) is 58.6 Å². The summed E-state index contributed by atoms with van der Waals surface area (Å²) in [4.78, 5) is 16.4. The maximum absolute atomic E-state index is 12.5. The summed E-state index contributed by atoms with van der Waals surface area (Å²) in [6.07, 6.45) is 0. The fourth-order valence-electron chi connectivity index (χ4n) is 3.39. The number of halogens is 2. The van der Waals surface area contributed by atoms with Crippen LogP contribution in [0.25, 0.3) is 11.3 Å². The third kappa shape index (κ3) is 5.27. The van der Waals surface area contributed by atoms with E-state index >= 15 is 0 Å². The molecule has 1 aliphatic heterocycles. The number of carbonyl (C=O) groups is 1. The lowest BCUT2D eigenvalue weighted by molar-refractivity contribution is -0.133. The number of aryl methyl sites for hydroxylation is 1. The number of amides is 1. The number of anilines is 1. The highest BCUT2D eigenvalue weighted by molar-refractivity contribution is 6.36. The predicted octanol–water partition coefficient (Wildman–Crippen LogP) is 4.49. The summed E-state index contributed by atoms with van der Waals surface area (Å²) in [6, 6.07) is 16.8. The molecule has 0 aliphatic carbocycles. The number of aromatic nitrogens is 2. The van der Waals surface area contributed by atoms with E-state index in [2.05, 4.69) is 15.1 Å². The van der Waals surface area contributed by atoms with Crippen LogP contribution in [0.3, 0.4) is 0 Å². The van der Waals surface area contributed by atoms with Crippen LogP contribution in [0.4, 0.5) is 5.82 Å². The standard InChI is InChI=1S/C23H22Cl2N4O2/c1-16-2-5-18(6-3-16)31-15-23(30)29-12-10-28(11-13-29)22-9-8-21(26-27-22)19-7-4-17(24)14-20(19)25/h2-9,14H,10-13,15H2,1H3. The van der Waals surface area contributed by atoms with Crippen LogP contribution in [0.5, 0.6) is 5.75 Å². The average Bonchev–Trinajstić information content (AvgIpc) is 2.79. The summed E-state index contributed by atoms with van der Waals surface area (Å²) >= 11 is 12.2. The van der Waals surface area contributed by atoms with Crippen molar-refractivity contribution in [2.45, 2.75) is 6.92 Å². The minimum Gasteiger partial charge on any atom is -0.484 e. The number of rotatable bonds is 5. The van der Waals surface area contributed by atoms with Crippen molar-refractivity contribution in [2.24, 2.45) is 0 Å². The van der Waals surface area contributed by atoms with Crippen molar-refractivity contribution in [3.8, 4) is 17.0 Å². The highest BCUT2D eigenvalue weighted by Gasteiger charge is 2.22. The normalized spacial score (nSPS) is 13.9. The molecule has 0 bridgehead atoms. The van der Waals surface area contributed by atoms with Gasteiger partial charge in [0.1, 0.15) is 5.75 Å². The van der Waals surface area contributed by atoms with E-state index in [1.807, 2.05) is 54.3 Å². The van der Waals surface area contributed by atoms with Gasteiger partial charge in [0.2, 0.25) is 0 Å². The van der Waals surface area contributed by atoms with Gasteiger partial charge in [-0.2, -0.15) is 0 Å². The molecule has 2 aromatic carbocycles. The molecule has 31 heavy (non-hydrogen) atoms. The molecule has 0 N–H and O–H groups in total. The Balaban J connectivity index is 1.31. The molecule has 4 rings (SSSR count). The first kappa shape index (κ1) is 21.4. The average molecular weight is 457 g/mol. The summed E-state index contributed by atoms with van der Waals surface area (Å²) in [7, 11) is 0. The Morgan fingerprint density at radius 3 is 2.35 bits per heavy atom. The summed E-state index contributed by atoms with van der Waals surface area (Å²) in [5.74, 6) is 1.46. The van der Waals surface area contributed by atoms with Crippen LogP contribution < -0.4 is 9.64 Å². The number of piperazine rings is 1. The van der Waals surface area contributed by atoms with Crippen molar-refractivity contribution in [1.82, 2.24) is 15.1 Å². The summed E-state index contributed by atoms with van der Waals surface area (Å²) in [6.45, 7) is 4.65. The first-order valence-electron chi connectivity index (χ1n) is 10.0. The minimum atomic E-state index is -0.0148. The largest absolute Gasteiger partial charge is 0.484 e. The summed E-state index contributed by atoms with van der Waals surface area (Å²) in [5.41, 5.74) is 2.63. The number of carbonyl (C=O) groups excluding carboxylic acids is 1. The monoisotopic (exact) mass is 456 g/mol. The number of hydrogen-bond donors (Lipinski definition) is 0. The quantitative estimate of drug-likeness (QED) is 0.565. The van der Waals surface area contributed by atoms with E-state index in [9.17, 15) is 4.79 Å². The Hall–Kier alpha value is -2.83. The lowest BCUT2D eigenvalue weighted by Crippen LogP contribution is -2.50. The van der Waals surface area contributed by atoms with Gasteiger partial charge in [-0.25, -0.2) is 0 Å². The molecule has 0 spiro atoms. The number of nitrogens with zero attached hydrogens (tertiary/aromatic N) is 4. The zero-order valence-electron chi connectivity index (χ0n) is 17.1. The van der Waals surface area contributed by atoms with Crippen LogP contribution in [0.1, 0.15) is 5.56 Å². The predicted molar refractivity (Wildman–Crippen MR) is 123 cm³/mol. The zero-order chi connectivity index (χ0) is 21.8. The Kier molecular flexibility index (Phi) is 6.59. The van der Waals surface area contributed by atoms with E-state index in [1.165, 1.54) is 0 Å². The van der Waals surface area contributed by atoms with Gasteiger partial charge in [0, 0.05) is 36.8 Å². The molecule has 0 saturated carbocycles. The maximum Gasteiger partial charge on any atom is 0.260 e. The third-order valence-electron chi connectivity index (χ3n) is 5.20. The molecular weight excluding hydrogens is 435 g/mol. The maximum atomic E-state index is 12.5. The van der Waals surface area contributed by atoms with Gasteiger partial charge in [-0.05, 0) is 49.4 Å². The SMILES string of the molecule is Cc1ccc(OCC(=O)N2CCN(c3ccc(-c4ccc(Cl)cc4Cl)nn3)CC2)cc1. The minimum absolute atomic E-state index is 0.0148. The van der Waals surface area contributed by atoms with Crippen LogP contribution >= 0.6 is 23.2 Å². The van der Waals surface area contributed by atoms with Gasteiger partial charge in [-0.15, -0.1) is 10.2 Å². The van der Waals surface area contributed by atoms with E-state index in [-0.39, 0.29) is 12.5 Å². The lowest BCUT2D eigenvalue weighted by Gasteiger charge is -2.35. The number of benzene rings is 2. The summed E-state index contributed by atoms with van der Waals surface area (Å²) in [5, 5.41) is 9.78. The smallest absolute Gasteiger partial charge is 0.260 e. The van der Waals surface area contributed by atoms with Crippen LogP contribution in [-0.4, -0.2) is 53.8 Å². The van der Waals surface area contributed by atoms with E-state index in [0.29, 0.717) is 47.7 Å². The van der Waals surface area contributed by atoms with Crippen LogP contribution in [0.2, 0.25) is 10.0 Å². The van der Waals surface area contributed by atoms with Gasteiger partial charge in [-0.3, -0.25) is 4.79 Å². The van der Waals surface area contributed by atoms with Crippen molar-refractivity contribution < 1.29 is 9.53 Å². The molecule has 1 saturated heterocycles. The van der Waals surface area contributed by atoms with Crippen molar-refractivity contribution in [3.63, 3.8) is 0 Å². The molecular formula is C23H22Cl2N4O2. The Labute approximate surface area is 191 Å². The van der Waals surface area contributed by atoms with Crippen molar-refractivity contribution in [1.29, 1.82) is 0 Å². The van der Waals surface area contributed by atoms with Gasteiger partial charge in [-0.1, -0.05) is 40.9 Å². The highest BCUT2D eigenvalue weighted by atomic mass is 35.5. The van der Waals surface area contributed by atoms with Crippen LogP contribution in [-0.2, 0) is 4.79 Å². The fourth-order valence-corrected chi connectivity index (χ4v) is 3.90. The van der Waals surface area contributed by atoms with E-state index in [0.717, 1.165) is 16.9 Å². The van der Waals surface area contributed by atoms with E-state index in [4.69, 9.17) is 27.9 Å². The van der Waals surface area contributed by atoms with Crippen molar-refractivity contribution >= 4 is 34.9 Å². The molecule has 1 aromatic heterocycles. The molecule has 0 unspecified atom stereocenters. The molecule has 160 valence electrons. The molecule has 0 atom stereocenters. The van der Waals surface area contributed by atoms with Gasteiger partial charge < -0.3 is 14.5 Å². The fraction of sp³-hybridized carbons (Fsp3) is 0.261. The number of hydrogen-bond acceptors (Lipinski definition) is 5. The van der Waals surface area contributed by atoms with E-state index < -0.39 is 0 Å². The van der Waals surface area contributed by atoms with Crippen molar-refractivity contribution in [2.75, 3.05) is 37.7 Å². The molecule has 2 heterocycles. The first-order valence-corrected chi connectivity index (χ1v) is 10.8. The van der Waals surface area contributed by atoms with Crippen molar-refractivity contribution in [3.05, 3.63) is 70.2 Å². The molecule has 1 fully saturated rings. The lowest BCUT2D eigenvalue weighted by atomic mass is 10.1. The zero-order valence-corrected chi connectivity index (χ0v) is 18.6. The van der Waals surface area contributed by atoms with Gasteiger partial charge >= 0.3 is 0 Å². The van der Waals surface area contributed by atoms with Crippen LogP contribution in [0, 0.1) is 6.92 Å². The second-order valence-corrected chi connectivity index (χ2v) is 8.21. The molecule has 0 radical (unpaired) electrons. The Bertz CT molecular complexity index is 1050. The van der Waals surface area contributed by atoms with Gasteiger partial charge in [0.25, 0.3) is 5.91 Å². The highest BCUT2D eigenvalue weighted by Crippen LogP contribution is 2.29. The molecule has 3 aromatic rings.